The molecule has 0 aliphatic heterocycles. The van der Waals surface area contributed by atoms with Crippen molar-refractivity contribution >= 4 is 46.3 Å². The monoisotopic (exact) mass is 368 g/mol. The van der Waals surface area contributed by atoms with E-state index in [1.54, 1.807) is 6.21 Å². The highest BCUT2D eigenvalue weighted by Gasteiger charge is 2.02. The molecule has 0 aliphatic rings. The zero-order chi connectivity index (χ0) is 17.5. The molecule has 1 amide bonds. The number of carbonyl (C=O) groups is 1. The normalized spacial score (nSPS) is 11.1. The van der Waals surface area contributed by atoms with Gasteiger partial charge in [0.15, 0.2) is 0 Å². The third-order valence-corrected chi connectivity index (χ3v) is 4.85. The fraction of sp³-hybridized carbons (Fsp3) is 0.100. The van der Waals surface area contributed by atoms with E-state index in [0.29, 0.717) is 10.8 Å². The number of fused-ring (bicyclic) bond motifs is 1. The maximum Gasteiger partial charge on any atom is 0.250 e. The molecule has 3 aromatic rings. The third kappa shape index (κ3) is 5.08. The minimum absolute atomic E-state index is 0.122. The summed E-state index contributed by atoms with van der Waals surface area (Å²) in [5, 5.41) is 7.04. The molecule has 126 valence electrons. The predicted octanol–water partition coefficient (Wildman–Crippen LogP) is 4.88. The summed E-state index contributed by atoms with van der Waals surface area (Å²) in [6.07, 6.45) is 1.68. The summed E-state index contributed by atoms with van der Waals surface area (Å²) in [5.74, 6) is 0.962. The number of thioether (sulfide) groups is 1. The molecule has 3 nitrogen and oxygen atoms in total. The standard InChI is InChI=1S/C20H17ClN2OS/c21-18-9-3-5-15(11-18)13-25-14-20(24)23-22-12-17-8-4-7-16-6-1-2-10-19(16)17/h1-12H,13-14H2,(H,23,24). The third-order valence-electron chi connectivity index (χ3n) is 3.61. The molecular formula is C20H17ClN2OS. The summed E-state index contributed by atoms with van der Waals surface area (Å²) in [6, 6.07) is 21.7. The Morgan fingerprint density at radius 3 is 2.76 bits per heavy atom. The molecule has 0 spiro atoms. The minimum atomic E-state index is -0.122. The number of rotatable bonds is 6. The van der Waals surface area contributed by atoms with Gasteiger partial charge in [0, 0.05) is 16.3 Å². The Bertz CT molecular complexity index is 906. The van der Waals surface area contributed by atoms with Crippen molar-refractivity contribution in [2.24, 2.45) is 5.10 Å². The number of benzene rings is 3. The Morgan fingerprint density at radius 1 is 1.08 bits per heavy atom. The van der Waals surface area contributed by atoms with E-state index in [0.717, 1.165) is 27.7 Å². The number of halogens is 1. The highest BCUT2D eigenvalue weighted by Crippen LogP contribution is 2.17. The van der Waals surface area contributed by atoms with Crippen LogP contribution in [0.5, 0.6) is 0 Å². The van der Waals surface area contributed by atoms with Crippen LogP contribution >= 0.6 is 23.4 Å². The second kappa shape index (κ2) is 8.70. The smallest absolute Gasteiger partial charge is 0.250 e. The van der Waals surface area contributed by atoms with Crippen molar-refractivity contribution < 1.29 is 4.79 Å². The zero-order valence-electron chi connectivity index (χ0n) is 13.5. The van der Waals surface area contributed by atoms with Gasteiger partial charge in [-0.15, -0.1) is 11.8 Å². The highest BCUT2D eigenvalue weighted by molar-refractivity contribution is 7.99. The van der Waals surface area contributed by atoms with Crippen molar-refractivity contribution in [3.8, 4) is 0 Å². The van der Waals surface area contributed by atoms with Crippen LogP contribution in [0.25, 0.3) is 10.8 Å². The van der Waals surface area contributed by atoms with Gasteiger partial charge in [0.25, 0.3) is 0 Å². The zero-order valence-corrected chi connectivity index (χ0v) is 15.1. The van der Waals surface area contributed by atoms with Gasteiger partial charge in [-0.2, -0.15) is 5.10 Å². The van der Waals surface area contributed by atoms with Gasteiger partial charge < -0.3 is 0 Å². The lowest BCUT2D eigenvalue weighted by Crippen LogP contribution is -2.19. The highest BCUT2D eigenvalue weighted by atomic mass is 35.5. The number of hydrazone groups is 1. The van der Waals surface area contributed by atoms with Crippen LogP contribution in [0.15, 0.2) is 71.8 Å². The van der Waals surface area contributed by atoms with E-state index >= 15 is 0 Å². The van der Waals surface area contributed by atoms with E-state index in [9.17, 15) is 4.79 Å². The van der Waals surface area contributed by atoms with Gasteiger partial charge in [-0.1, -0.05) is 66.2 Å². The summed E-state index contributed by atoms with van der Waals surface area (Å²) < 4.78 is 0. The number of nitrogens with zero attached hydrogens (tertiary/aromatic N) is 1. The fourth-order valence-electron chi connectivity index (χ4n) is 2.46. The predicted molar refractivity (Wildman–Crippen MR) is 107 cm³/mol. The van der Waals surface area contributed by atoms with Gasteiger partial charge in [0.05, 0.1) is 12.0 Å². The first-order valence-corrected chi connectivity index (χ1v) is 9.37. The summed E-state index contributed by atoms with van der Waals surface area (Å²) in [5.41, 5.74) is 4.66. The molecule has 0 saturated heterocycles. The molecule has 0 atom stereocenters. The van der Waals surface area contributed by atoms with E-state index in [1.807, 2.05) is 54.6 Å². The number of hydrogen-bond acceptors (Lipinski definition) is 3. The molecule has 0 heterocycles. The van der Waals surface area contributed by atoms with Crippen LogP contribution in [0.4, 0.5) is 0 Å². The Kier molecular flexibility index (Phi) is 6.09. The van der Waals surface area contributed by atoms with Crippen molar-refractivity contribution in [1.29, 1.82) is 0 Å². The number of carbonyl (C=O) groups excluding carboxylic acids is 1. The summed E-state index contributed by atoms with van der Waals surface area (Å²) in [6.45, 7) is 0. The van der Waals surface area contributed by atoms with E-state index in [-0.39, 0.29) is 5.91 Å². The van der Waals surface area contributed by atoms with E-state index in [4.69, 9.17) is 11.6 Å². The lowest BCUT2D eigenvalue weighted by molar-refractivity contribution is -0.118. The largest absolute Gasteiger partial charge is 0.272 e. The van der Waals surface area contributed by atoms with Gasteiger partial charge >= 0.3 is 0 Å². The fourth-order valence-corrected chi connectivity index (χ4v) is 3.44. The van der Waals surface area contributed by atoms with Crippen molar-refractivity contribution in [2.45, 2.75) is 5.75 Å². The Labute approximate surface area is 156 Å². The van der Waals surface area contributed by atoms with Crippen LogP contribution in [0.3, 0.4) is 0 Å². The molecule has 5 heteroatoms. The summed E-state index contributed by atoms with van der Waals surface area (Å²) in [4.78, 5) is 11.9. The Hall–Kier alpha value is -2.30. The van der Waals surface area contributed by atoms with Crippen molar-refractivity contribution in [1.82, 2.24) is 5.43 Å². The van der Waals surface area contributed by atoms with Gasteiger partial charge in [-0.05, 0) is 28.5 Å². The minimum Gasteiger partial charge on any atom is -0.272 e. The molecule has 25 heavy (non-hydrogen) atoms. The van der Waals surface area contributed by atoms with Gasteiger partial charge in [0.1, 0.15) is 0 Å². The van der Waals surface area contributed by atoms with Crippen molar-refractivity contribution in [3.63, 3.8) is 0 Å². The molecule has 0 bridgehead atoms. The SMILES string of the molecule is O=C(CSCc1cccc(Cl)c1)NN=Cc1cccc2ccccc12. The molecule has 0 aromatic heterocycles. The van der Waals surface area contributed by atoms with Crippen LogP contribution in [-0.2, 0) is 10.5 Å². The van der Waals surface area contributed by atoms with Crippen molar-refractivity contribution in [2.75, 3.05) is 5.75 Å². The first kappa shape index (κ1) is 17.5. The second-order valence-electron chi connectivity index (χ2n) is 5.48. The second-order valence-corrected chi connectivity index (χ2v) is 6.91. The quantitative estimate of drug-likeness (QED) is 0.497. The topological polar surface area (TPSA) is 41.5 Å². The van der Waals surface area contributed by atoms with E-state index < -0.39 is 0 Å². The average molecular weight is 369 g/mol. The van der Waals surface area contributed by atoms with Crippen molar-refractivity contribution in [3.05, 3.63) is 82.9 Å². The van der Waals surface area contributed by atoms with Gasteiger partial charge in [-0.3, -0.25) is 4.79 Å². The summed E-state index contributed by atoms with van der Waals surface area (Å²) in [7, 11) is 0. The summed E-state index contributed by atoms with van der Waals surface area (Å²) >= 11 is 7.47. The number of hydrogen-bond donors (Lipinski definition) is 1. The van der Waals surface area contributed by atoms with Gasteiger partial charge in [-0.25, -0.2) is 5.43 Å². The van der Waals surface area contributed by atoms with E-state index in [2.05, 4.69) is 22.7 Å². The molecule has 1 N–H and O–H groups in total. The average Bonchev–Trinajstić information content (AvgIpc) is 2.62. The molecule has 0 aliphatic carbocycles. The molecule has 0 radical (unpaired) electrons. The molecular weight excluding hydrogens is 352 g/mol. The molecule has 3 rings (SSSR count). The van der Waals surface area contributed by atoms with E-state index in [1.165, 1.54) is 11.8 Å². The Balaban J connectivity index is 1.51. The van der Waals surface area contributed by atoms with Gasteiger partial charge in [0.2, 0.25) is 5.91 Å². The van der Waals surface area contributed by atoms with Crippen LogP contribution in [0, 0.1) is 0 Å². The van der Waals surface area contributed by atoms with Crippen LogP contribution < -0.4 is 5.43 Å². The van der Waals surface area contributed by atoms with Crippen LogP contribution in [0.1, 0.15) is 11.1 Å². The molecule has 0 unspecified atom stereocenters. The molecule has 3 aromatic carbocycles. The lowest BCUT2D eigenvalue weighted by atomic mass is 10.1. The first-order valence-electron chi connectivity index (χ1n) is 7.84. The Morgan fingerprint density at radius 2 is 1.88 bits per heavy atom. The van der Waals surface area contributed by atoms with Crippen LogP contribution in [0.2, 0.25) is 5.02 Å². The maximum absolute atomic E-state index is 11.9. The number of nitrogens with one attached hydrogen (secondary N) is 1. The number of amides is 1. The first-order chi connectivity index (χ1) is 12.2. The lowest BCUT2D eigenvalue weighted by Gasteiger charge is -2.03. The molecule has 0 saturated carbocycles. The van der Waals surface area contributed by atoms with Crippen LogP contribution in [-0.4, -0.2) is 17.9 Å². The molecule has 0 fully saturated rings. The maximum atomic E-state index is 11.9.